The lowest BCUT2D eigenvalue weighted by Gasteiger charge is -2.15. The third-order valence-corrected chi connectivity index (χ3v) is 5.17. The second-order valence-electron chi connectivity index (χ2n) is 7.40. The van der Waals surface area contributed by atoms with E-state index in [4.69, 9.17) is 16.3 Å². The molecule has 7 heteroatoms. The smallest absolute Gasteiger partial charge is 0.331 e. The first-order chi connectivity index (χ1) is 14.3. The fourth-order valence-electron chi connectivity index (χ4n) is 3.10. The highest BCUT2D eigenvalue weighted by atomic mass is 35.5. The Balaban J connectivity index is 1.86. The number of ether oxygens (including phenoxy) is 1. The SMILES string of the molecule is Cc1cc(OC(=O)Cn2c(=O)ccn(Cc3ccccc3)c2=O)c(C(C)C)cc1Cl. The maximum Gasteiger partial charge on any atom is 0.331 e. The molecule has 0 N–H and O–H groups in total. The average Bonchev–Trinajstić information content (AvgIpc) is 2.70. The second kappa shape index (κ2) is 9.13. The van der Waals surface area contributed by atoms with E-state index in [1.54, 1.807) is 12.1 Å². The number of halogens is 1. The van der Waals surface area contributed by atoms with Crippen molar-refractivity contribution >= 4 is 17.6 Å². The van der Waals surface area contributed by atoms with E-state index in [0.29, 0.717) is 17.3 Å². The van der Waals surface area contributed by atoms with Crippen LogP contribution >= 0.6 is 11.6 Å². The van der Waals surface area contributed by atoms with Crippen LogP contribution in [-0.4, -0.2) is 15.1 Å². The zero-order chi connectivity index (χ0) is 21.8. The van der Waals surface area contributed by atoms with Crippen molar-refractivity contribution < 1.29 is 9.53 Å². The van der Waals surface area contributed by atoms with E-state index in [1.807, 2.05) is 51.1 Å². The molecule has 3 aromatic rings. The van der Waals surface area contributed by atoms with Crippen molar-refractivity contribution in [2.24, 2.45) is 0 Å². The van der Waals surface area contributed by atoms with Crippen LogP contribution in [0.1, 0.15) is 36.5 Å². The molecule has 0 spiro atoms. The van der Waals surface area contributed by atoms with Crippen molar-refractivity contribution in [1.29, 1.82) is 0 Å². The van der Waals surface area contributed by atoms with Gasteiger partial charge < -0.3 is 4.74 Å². The van der Waals surface area contributed by atoms with Crippen molar-refractivity contribution in [2.75, 3.05) is 0 Å². The number of nitrogens with zero attached hydrogens (tertiary/aromatic N) is 2. The molecule has 156 valence electrons. The quantitative estimate of drug-likeness (QED) is 0.444. The number of hydrogen-bond donors (Lipinski definition) is 0. The van der Waals surface area contributed by atoms with Crippen molar-refractivity contribution in [2.45, 2.75) is 39.8 Å². The van der Waals surface area contributed by atoms with Gasteiger partial charge in [-0.1, -0.05) is 55.8 Å². The van der Waals surface area contributed by atoms with E-state index in [2.05, 4.69) is 0 Å². The Morgan fingerprint density at radius 2 is 1.80 bits per heavy atom. The summed E-state index contributed by atoms with van der Waals surface area (Å²) in [5, 5.41) is 0.585. The average molecular weight is 427 g/mol. The summed E-state index contributed by atoms with van der Waals surface area (Å²) in [6.45, 7) is 5.55. The number of hydrogen-bond acceptors (Lipinski definition) is 4. The molecule has 0 atom stereocenters. The maximum atomic E-state index is 12.8. The van der Waals surface area contributed by atoms with E-state index in [0.717, 1.165) is 21.3 Å². The van der Waals surface area contributed by atoms with Crippen molar-refractivity contribution in [3.05, 3.63) is 97.3 Å². The van der Waals surface area contributed by atoms with Gasteiger partial charge in [0.1, 0.15) is 12.3 Å². The highest BCUT2D eigenvalue weighted by Crippen LogP contribution is 2.32. The molecule has 0 aliphatic carbocycles. The standard InChI is InChI=1S/C23H23ClN2O4/c1-15(2)18-12-19(24)16(3)11-20(18)30-22(28)14-26-21(27)9-10-25(23(26)29)13-17-7-5-4-6-8-17/h4-12,15H,13-14H2,1-3H3. The predicted octanol–water partition coefficient (Wildman–Crippen LogP) is 3.75. The summed E-state index contributed by atoms with van der Waals surface area (Å²) >= 11 is 6.19. The van der Waals surface area contributed by atoms with Gasteiger partial charge in [0.15, 0.2) is 0 Å². The highest BCUT2D eigenvalue weighted by Gasteiger charge is 2.17. The lowest BCUT2D eigenvalue weighted by Crippen LogP contribution is -2.41. The van der Waals surface area contributed by atoms with Gasteiger partial charge in [0.2, 0.25) is 0 Å². The topological polar surface area (TPSA) is 70.3 Å². The van der Waals surface area contributed by atoms with Gasteiger partial charge in [0, 0.05) is 17.3 Å². The van der Waals surface area contributed by atoms with Gasteiger partial charge in [0.25, 0.3) is 5.56 Å². The van der Waals surface area contributed by atoms with Gasteiger partial charge in [-0.2, -0.15) is 0 Å². The Labute approximate surface area is 179 Å². The van der Waals surface area contributed by atoms with Gasteiger partial charge in [0.05, 0.1) is 6.54 Å². The normalized spacial score (nSPS) is 11.0. The van der Waals surface area contributed by atoms with E-state index in [-0.39, 0.29) is 5.92 Å². The Hall–Kier alpha value is -3.12. The summed E-state index contributed by atoms with van der Waals surface area (Å²) < 4.78 is 7.77. The van der Waals surface area contributed by atoms with Crippen LogP contribution in [0, 0.1) is 6.92 Å². The van der Waals surface area contributed by atoms with Crippen molar-refractivity contribution in [1.82, 2.24) is 9.13 Å². The Kier molecular flexibility index (Phi) is 6.57. The zero-order valence-electron chi connectivity index (χ0n) is 17.1. The van der Waals surface area contributed by atoms with Gasteiger partial charge >= 0.3 is 11.7 Å². The van der Waals surface area contributed by atoms with Gasteiger partial charge in [-0.05, 0) is 41.7 Å². The summed E-state index contributed by atoms with van der Waals surface area (Å²) in [6.07, 6.45) is 1.43. The Bertz CT molecular complexity index is 1180. The molecule has 0 unspecified atom stereocenters. The minimum Gasteiger partial charge on any atom is -0.425 e. The minimum absolute atomic E-state index is 0.0773. The molecule has 0 amide bonds. The molecule has 1 heterocycles. The molecule has 1 aromatic heterocycles. The summed E-state index contributed by atoms with van der Waals surface area (Å²) in [5.74, 6) is -0.241. The van der Waals surface area contributed by atoms with Crippen LogP contribution in [0.5, 0.6) is 5.75 Å². The first-order valence-electron chi connectivity index (χ1n) is 9.61. The second-order valence-corrected chi connectivity index (χ2v) is 7.81. The summed E-state index contributed by atoms with van der Waals surface area (Å²) in [5.41, 5.74) is 1.33. The summed E-state index contributed by atoms with van der Waals surface area (Å²) in [4.78, 5) is 37.6. The molecule has 6 nitrogen and oxygen atoms in total. The van der Waals surface area contributed by atoms with Crippen LogP contribution in [0.25, 0.3) is 0 Å². The molecule has 2 aromatic carbocycles. The number of aromatic nitrogens is 2. The first kappa shape index (κ1) is 21.6. The predicted molar refractivity (Wildman–Crippen MR) is 116 cm³/mol. The number of carbonyl (C=O) groups excluding carboxylic acids is 1. The summed E-state index contributed by atoms with van der Waals surface area (Å²) in [7, 11) is 0. The maximum absolute atomic E-state index is 12.8. The van der Waals surface area contributed by atoms with E-state index in [1.165, 1.54) is 16.8 Å². The molecule has 0 fully saturated rings. The van der Waals surface area contributed by atoms with Crippen LogP contribution in [-0.2, 0) is 17.9 Å². The monoisotopic (exact) mass is 426 g/mol. The van der Waals surface area contributed by atoms with Crippen LogP contribution in [0.2, 0.25) is 5.02 Å². The van der Waals surface area contributed by atoms with Crippen LogP contribution in [0.15, 0.2) is 64.3 Å². The lowest BCUT2D eigenvalue weighted by molar-refractivity contribution is -0.135. The number of esters is 1. The fourth-order valence-corrected chi connectivity index (χ4v) is 3.27. The molecule has 30 heavy (non-hydrogen) atoms. The number of aryl methyl sites for hydroxylation is 1. The van der Waals surface area contributed by atoms with Gasteiger partial charge in [-0.15, -0.1) is 0 Å². The van der Waals surface area contributed by atoms with Crippen LogP contribution < -0.4 is 16.0 Å². The molecular formula is C23H23ClN2O4. The molecule has 0 bridgehead atoms. The van der Waals surface area contributed by atoms with Crippen molar-refractivity contribution in [3.8, 4) is 5.75 Å². The molecule has 0 saturated heterocycles. The third-order valence-electron chi connectivity index (χ3n) is 4.76. The molecule has 0 aliphatic rings. The van der Waals surface area contributed by atoms with Crippen molar-refractivity contribution in [3.63, 3.8) is 0 Å². The first-order valence-corrected chi connectivity index (χ1v) is 9.99. The van der Waals surface area contributed by atoms with Crippen LogP contribution in [0.3, 0.4) is 0 Å². The van der Waals surface area contributed by atoms with Crippen LogP contribution in [0.4, 0.5) is 0 Å². The molecule has 0 saturated carbocycles. The Morgan fingerprint density at radius 1 is 1.10 bits per heavy atom. The van der Waals surface area contributed by atoms with Gasteiger partial charge in [-0.3, -0.25) is 9.36 Å². The third kappa shape index (κ3) is 4.89. The molecule has 0 aliphatic heterocycles. The zero-order valence-corrected chi connectivity index (χ0v) is 17.8. The minimum atomic E-state index is -0.699. The number of benzene rings is 2. The summed E-state index contributed by atoms with van der Waals surface area (Å²) in [6, 6.07) is 14.1. The van der Waals surface area contributed by atoms with E-state index in [9.17, 15) is 14.4 Å². The number of rotatable bonds is 6. The van der Waals surface area contributed by atoms with Gasteiger partial charge in [-0.25, -0.2) is 14.2 Å². The number of carbonyl (C=O) groups is 1. The fraction of sp³-hybridized carbons (Fsp3) is 0.261. The van der Waals surface area contributed by atoms with E-state index < -0.39 is 23.8 Å². The molecule has 0 radical (unpaired) electrons. The largest absolute Gasteiger partial charge is 0.425 e. The Morgan fingerprint density at radius 3 is 2.47 bits per heavy atom. The molecule has 3 rings (SSSR count). The molecular weight excluding hydrogens is 404 g/mol. The lowest BCUT2D eigenvalue weighted by atomic mass is 10.0. The highest BCUT2D eigenvalue weighted by molar-refractivity contribution is 6.31. The van der Waals surface area contributed by atoms with E-state index >= 15 is 0 Å².